The lowest BCUT2D eigenvalue weighted by atomic mass is 10.2. The van der Waals surface area contributed by atoms with Crippen LogP contribution in [0.2, 0.25) is 0 Å². The Morgan fingerprint density at radius 2 is 2.33 bits per heavy atom. The van der Waals surface area contributed by atoms with E-state index in [1.165, 1.54) is 28.9 Å². The van der Waals surface area contributed by atoms with Crippen molar-refractivity contribution < 1.29 is 19.6 Å². The molecule has 116 valence electrons. The molecule has 1 atom stereocenters. The number of hydrogen-bond acceptors (Lipinski definition) is 6. The van der Waals surface area contributed by atoms with Crippen molar-refractivity contribution >= 4 is 29.5 Å². The van der Waals surface area contributed by atoms with Gasteiger partial charge in [0.25, 0.3) is 0 Å². The van der Waals surface area contributed by atoms with Gasteiger partial charge >= 0.3 is 11.8 Å². The maximum absolute atomic E-state index is 11.7. The summed E-state index contributed by atoms with van der Waals surface area (Å²) in [6.45, 7) is 0.196. The normalized spacial score (nSPS) is 11.9. The summed E-state index contributed by atoms with van der Waals surface area (Å²) in [6.07, 6.45) is 4.70. The minimum absolute atomic E-state index is 0.0244. The Morgan fingerprint density at radius 3 is 2.86 bits per heavy atom. The molecule has 1 aromatic heterocycles. The first-order valence-electron chi connectivity index (χ1n) is 6.11. The second kappa shape index (κ2) is 8.25. The van der Waals surface area contributed by atoms with Crippen LogP contribution in [0.4, 0.5) is 5.82 Å². The highest BCUT2D eigenvalue weighted by atomic mass is 32.2. The average molecular weight is 316 g/mol. The van der Waals surface area contributed by atoms with Crippen molar-refractivity contribution in [1.29, 1.82) is 0 Å². The van der Waals surface area contributed by atoms with Gasteiger partial charge in [0.05, 0.1) is 0 Å². The van der Waals surface area contributed by atoms with Crippen molar-refractivity contribution in [3.8, 4) is 0 Å². The molecule has 0 spiro atoms. The molecular weight excluding hydrogens is 300 g/mol. The first kappa shape index (κ1) is 17.0. The summed E-state index contributed by atoms with van der Waals surface area (Å²) in [5.74, 6) is -1.15. The number of thioether (sulfide) groups is 1. The van der Waals surface area contributed by atoms with E-state index in [4.69, 9.17) is 5.11 Å². The molecule has 0 saturated carbocycles. The first-order chi connectivity index (χ1) is 9.93. The molecule has 1 rings (SSSR count). The number of amides is 1. The number of nitro groups is 1. The molecule has 21 heavy (non-hydrogen) atoms. The monoisotopic (exact) mass is 316 g/mol. The van der Waals surface area contributed by atoms with Crippen LogP contribution >= 0.6 is 11.8 Å². The zero-order valence-electron chi connectivity index (χ0n) is 11.4. The maximum Gasteiger partial charge on any atom is 0.381 e. The summed E-state index contributed by atoms with van der Waals surface area (Å²) in [5, 5.41) is 21.9. The second-order valence-electron chi connectivity index (χ2n) is 4.22. The SMILES string of the molecule is CSCC[C@H](NC(=O)CCn1cnc([N+](=O)[O-])c1)C(=O)O. The molecule has 10 heteroatoms. The molecule has 1 amide bonds. The van der Waals surface area contributed by atoms with E-state index < -0.39 is 22.8 Å². The van der Waals surface area contributed by atoms with Crippen LogP contribution in [0.25, 0.3) is 0 Å². The third-order valence-electron chi connectivity index (χ3n) is 2.65. The molecule has 2 N–H and O–H groups in total. The van der Waals surface area contributed by atoms with E-state index in [1.807, 2.05) is 6.26 Å². The number of carbonyl (C=O) groups is 2. The zero-order valence-corrected chi connectivity index (χ0v) is 12.2. The Balaban J connectivity index is 2.44. The van der Waals surface area contributed by atoms with Gasteiger partial charge in [-0.05, 0) is 28.3 Å². The minimum atomic E-state index is -1.07. The molecule has 0 aromatic carbocycles. The molecule has 0 bridgehead atoms. The highest BCUT2D eigenvalue weighted by molar-refractivity contribution is 7.98. The minimum Gasteiger partial charge on any atom is -0.480 e. The van der Waals surface area contributed by atoms with Gasteiger partial charge in [0, 0.05) is 13.0 Å². The quantitative estimate of drug-likeness (QED) is 0.501. The predicted octanol–water partition coefficient (Wildman–Crippen LogP) is 0.504. The summed E-state index contributed by atoms with van der Waals surface area (Å²) in [7, 11) is 0. The topological polar surface area (TPSA) is 127 Å². The summed E-state index contributed by atoms with van der Waals surface area (Å²) < 4.78 is 1.41. The highest BCUT2D eigenvalue weighted by Gasteiger charge is 2.19. The molecular formula is C11H16N4O5S. The summed E-state index contributed by atoms with van der Waals surface area (Å²) in [4.78, 5) is 36.1. The highest BCUT2D eigenvalue weighted by Crippen LogP contribution is 2.06. The van der Waals surface area contributed by atoms with Crippen LogP contribution in [-0.4, -0.2) is 49.5 Å². The molecule has 9 nitrogen and oxygen atoms in total. The number of carboxylic acid groups (broad SMARTS) is 1. The lowest BCUT2D eigenvalue weighted by molar-refractivity contribution is -0.389. The number of nitrogens with one attached hydrogen (secondary N) is 1. The van der Waals surface area contributed by atoms with E-state index >= 15 is 0 Å². The molecule has 0 radical (unpaired) electrons. The van der Waals surface area contributed by atoms with E-state index in [0.29, 0.717) is 12.2 Å². The Morgan fingerprint density at radius 1 is 1.62 bits per heavy atom. The molecule has 0 unspecified atom stereocenters. The number of carboxylic acids is 1. The average Bonchev–Trinajstić information content (AvgIpc) is 2.90. The largest absolute Gasteiger partial charge is 0.480 e. The predicted molar refractivity (Wildman–Crippen MR) is 76.1 cm³/mol. The third kappa shape index (κ3) is 5.81. The van der Waals surface area contributed by atoms with Crippen LogP contribution in [0.5, 0.6) is 0 Å². The molecule has 1 heterocycles. The molecule has 0 saturated heterocycles. The van der Waals surface area contributed by atoms with Gasteiger partial charge in [-0.3, -0.25) is 4.79 Å². The lowest BCUT2D eigenvalue weighted by Crippen LogP contribution is -2.41. The fraction of sp³-hybridized carbons (Fsp3) is 0.545. The molecule has 0 aliphatic rings. The summed E-state index contributed by atoms with van der Waals surface area (Å²) in [5.41, 5.74) is 0. The molecule has 0 aliphatic carbocycles. The zero-order chi connectivity index (χ0) is 15.8. The van der Waals surface area contributed by atoms with Crippen molar-refractivity contribution in [2.45, 2.75) is 25.4 Å². The number of aliphatic carboxylic acids is 1. The molecule has 0 aliphatic heterocycles. The van der Waals surface area contributed by atoms with E-state index in [0.717, 1.165) is 0 Å². The fourth-order valence-electron chi connectivity index (χ4n) is 1.56. The number of carbonyl (C=O) groups excluding carboxylic acids is 1. The molecule has 0 fully saturated rings. The van der Waals surface area contributed by atoms with E-state index in [-0.39, 0.29) is 18.8 Å². The van der Waals surface area contributed by atoms with Crippen LogP contribution in [0.3, 0.4) is 0 Å². The van der Waals surface area contributed by atoms with Gasteiger partial charge in [0.15, 0.2) is 0 Å². The van der Waals surface area contributed by atoms with Gasteiger partial charge in [-0.25, -0.2) is 4.79 Å². The van der Waals surface area contributed by atoms with Gasteiger partial charge in [-0.2, -0.15) is 11.8 Å². The van der Waals surface area contributed by atoms with Crippen molar-refractivity contribution in [2.75, 3.05) is 12.0 Å². The standard InChI is InChI=1S/C11H16N4O5S/c1-21-5-3-8(11(17)18)13-10(16)2-4-14-6-9(12-7-14)15(19)20/h6-8H,2-5H2,1H3,(H,13,16)(H,17,18)/t8-/m0/s1. The molecule has 1 aromatic rings. The summed E-state index contributed by atoms with van der Waals surface area (Å²) >= 11 is 1.50. The number of nitrogens with zero attached hydrogens (tertiary/aromatic N) is 3. The van der Waals surface area contributed by atoms with Gasteiger partial charge in [-0.1, -0.05) is 0 Å². The third-order valence-corrected chi connectivity index (χ3v) is 3.29. The van der Waals surface area contributed by atoms with Crippen LogP contribution in [0.15, 0.2) is 12.5 Å². The van der Waals surface area contributed by atoms with Crippen molar-refractivity contribution in [3.63, 3.8) is 0 Å². The van der Waals surface area contributed by atoms with Gasteiger partial charge in [-0.15, -0.1) is 0 Å². The van der Waals surface area contributed by atoms with Gasteiger partial charge < -0.3 is 25.1 Å². The van der Waals surface area contributed by atoms with Crippen LogP contribution in [-0.2, 0) is 16.1 Å². The Kier molecular flexibility index (Phi) is 6.66. The Labute approximate surface area is 124 Å². The number of aromatic nitrogens is 2. The van der Waals surface area contributed by atoms with Gasteiger partial charge in [0.2, 0.25) is 12.2 Å². The number of aryl methyl sites for hydroxylation is 1. The maximum atomic E-state index is 11.7. The van der Waals surface area contributed by atoms with Crippen LogP contribution in [0, 0.1) is 10.1 Å². The Bertz CT molecular complexity index is 518. The van der Waals surface area contributed by atoms with Crippen LogP contribution < -0.4 is 5.32 Å². The fourth-order valence-corrected chi connectivity index (χ4v) is 2.03. The summed E-state index contributed by atoms with van der Waals surface area (Å²) in [6, 6.07) is -0.915. The lowest BCUT2D eigenvalue weighted by Gasteiger charge is -2.13. The van der Waals surface area contributed by atoms with E-state index in [1.54, 1.807) is 0 Å². The van der Waals surface area contributed by atoms with Crippen molar-refractivity contribution in [3.05, 3.63) is 22.6 Å². The first-order valence-corrected chi connectivity index (χ1v) is 7.50. The number of imidazole rings is 1. The number of rotatable bonds is 9. The van der Waals surface area contributed by atoms with Crippen molar-refractivity contribution in [1.82, 2.24) is 14.9 Å². The second-order valence-corrected chi connectivity index (χ2v) is 5.20. The Hall–Kier alpha value is -2.10. The smallest absolute Gasteiger partial charge is 0.381 e. The van der Waals surface area contributed by atoms with Crippen molar-refractivity contribution in [2.24, 2.45) is 0 Å². The van der Waals surface area contributed by atoms with Crippen LogP contribution in [0.1, 0.15) is 12.8 Å². The van der Waals surface area contributed by atoms with E-state index in [9.17, 15) is 19.7 Å². The van der Waals surface area contributed by atoms with E-state index in [2.05, 4.69) is 10.3 Å². The number of hydrogen-bond donors (Lipinski definition) is 2. The van der Waals surface area contributed by atoms with Gasteiger partial charge in [0.1, 0.15) is 12.2 Å².